The van der Waals surface area contributed by atoms with Crippen LogP contribution in [0.5, 0.6) is 0 Å². The topological polar surface area (TPSA) is 86.3 Å². The fraction of sp³-hybridized carbons (Fsp3) is 0.0667. The number of nitrogens with zero attached hydrogens (tertiary/aromatic N) is 3. The molecule has 2 heterocycles. The maximum Gasteiger partial charge on any atom is 0.416 e. The van der Waals surface area contributed by atoms with Crippen LogP contribution in [0.3, 0.4) is 0 Å². The van der Waals surface area contributed by atoms with Gasteiger partial charge >= 0.3 is 6.18 Å². The van der Waals surface area contributed by atoms with Gasteiger partial charge in [0, 0.05) is 6.20 Å². The molecule has 0 saturated carbocycles. The van der Waals surface area contributed by atoms with E-state index < -0.39 is 17.3 Å². The number of aromatic amines is 2. The van der Waals surface area contributed by atoms with Crippen LogP contribution in [-0.2, 0) is 6.18 Å². The summed E-state index contributed by atoms with van der Waals surface area (Å²) in [7, 11) is 0. The van der Waals surface area contributed by atoms with E-state index in [2.05, 4.69) is 25.4 Å². The molecule has 0 bridgehead atoms. The first-order valence-electron chi connectivity index (χ1n) is 6.76. The second-order valence-corrected chi connectivity index (χ2v) is 4.77. The van der Waals surface area contributed by atoms with E-state index in [1.54, 1.807) is 18.2 Å². The monoisotopic (exact) mass is 333 g/mol. The molecule has 2 N–H and O–H groups in total. The van der Waals surface area contributed by atoms with Crippen LogP contribution in [0, 0.1) is 0 Å². The number of hydrogen-bond acceptors (Lipinski definition) is 4. The lowest BCUT2D eigenvalue weighted by atomic mass is 10.2. The lowest BCUT2D eigenvalue weighted by Crippen LogP contribution is -2.03. The Balaban J connectivity index is 1.97. The van der Waals surface area contributed by atoms with Gasteiger partial charge < -0.3 is 0 Å². The van der Waals surface area contributed by atoms with Crippen molar-refractivity contribution in [1.82, 2.24) is 15.2 Å². The van der Waals surface area contributed by atoms with Gasteiger partial charge in [-0.3, -0.25) is 20.0 Å². The van der Waals surface area contributed by atoms with Crippen molar-refractivity contribution >= 4 is 11.4 Å². The molecular formula is C15H10F3N5O. The molecule has 1 aromatic carbocycles. The maximum atomic E-state index is 12.7. The van der Waals surface area contributed by atoms with Crippen molar-refractivity contribution < 1.29 is 13.2 Å². The molecule has 3 aromatic rings. The lowest BCUT2D eigenvalue weighted by Gasteiger charge is -2.05. The number of nitrogens with one attached hydrogen (secondary N) is 2. The molecule has 2 aromatic heterocycles. The Labute approximate surface area is 133 Å². The molecule has 0 fully saturated rings. The zero-order valence-electron chi connectivity index (χ0n) is 12.0. The number of H-pyrrole nitrogens is 2. The van der Waals surface area contributed by atoms with Crippen molar-refractivity contribution in [3.8, 4) is 11.4 Å². The molecule has 0 unspecified atom stereocenters. The highest BCUT2D eigenvalue weighted by molar-refractivity contribution is 5.67. The Morgan fingerprint density at radius 1 is 1.00 bits per heavy atom. The van der Waals surface area contributed by atoms with Crippen molar-refractivity contribution in [2.45, 2.75) is 6.18 Å². The summed E-state index contributed by atoms with van der Waals surface area (Å²) >= 11 is 0. The van der Waals surface area contributed by atoms with Crippen molar-refractivity contribution in [1.29, 1.82) is 0 Å². The van der Waals surface area contributed by atoms with Crippen LogP contribution in [-0.4, -0.2) is 15.2 Å². The van der Waals surface area contributed by atoms with Crippen LogP contribution in [0.4, 0.5) is 24.5 Å². The van der Waals surface area contributed by atoms with Crippen molar-refractivity contribution in [2.75, 3.05) is 0 Å². The normalized spacial score (nSPS) is 12.0. The third-order valence-electron chi connectivity index (χ3n) is 3.11. The van der Waals surface area contributed by atoms with E-state index in [9.17, 15) is 18.0 Å². The number of alkyl halides is 3. The zero-order valence-corrected chi connectivity index (χ0v) is 12.0. The Morgan fingerprint density at radius 3 is 2.54 bits per heavy atom. The highest BCUT2D eigenvalue weighted by Gasteiger charge is 2.30. The van der Waals surface area contributed by atoms with Gasteiger partial charge in [-0.25, -0.2) is 0 Å². The number of benzene rings is 1. The van der Waals surface area contributed by atoms with Crippen LogP contribution in [0.25, 0.3) is 11.4 Å². The first-order valence-corrected chi connectivity index (χ1v) is 6.76. The minimum atomic E-state index is -4.48. The Bertz CT molecular complexity index is 928. The summed E-state index contributed by atoms with van der Waals surface area (Å²) in [5, 5.41) is 12.5. The third-order valence-corrected chi connectivity index (χ3v) is 3.11. The van der Waals surface area contributed by atoms with Crippen LogP contribution in [0.15, 0.2) is 63.7 Å². The molecule has 0 aliphatic rings. The molecule has 6 nitrogen and oxygen atoms in total. The summed E-state index contributed by atoms with van der Waals surface area (Å²) in [5.41, 5.74) is -0.716. The molecule has 0 spiro atoms. The second kappa shape index (κ2) is 6.11. The molecule has 0 saturated heterocycles. The summed E-state index contributed by atoms with van der Waals surface area (Å²) < 4.78 is 38.1. The number of azo groups is 1. The first kappa shape index (κ1) is 15.7. The van der Waals surface area contributed by atoms with E-state index in [1.807, 2.05) is 0 Å². The molecule has 24 heavy (non-hydrogen) atoms. The minimum Gasteiger partial charge on any atom is -0.294 e. The van der Waals surface area contributed by atoms with Crippen LogP contribution >= 0.6 is 0 Å². The van der Waals surface area contributed by atoms with Gasteiger partial charge in [0.2, 0.25) is 0 Å². The Morgan fingerprint density at radius 2 is 1.83 bits per heavy atom. The van der Waals surface area contributed by atoms with Gasteiger partial charge in [-0.2, -0.15) is 18.3 Å². The standard InChI is InChI=1S/C15H10F3N5O/c16-15(17,18)9-4-3-5-10(8-9)20-22-13-12(21-23-14(13)24)11-6-1-2-7-19-11/h1-8H,(H2,21,23,24). The molecule has 0 aliphatic heterocycles. The average molecular weight is 333 g/mol. The predicted octanol–water partition coefficient (Wildman–Crippen LogP) is 4.20. The lowest BCUT2D eigenvalue weighted by molar-refractivity contribution is -0.137. The highest BCUT2D eigenvalue weighted by Crippen LogP contribution is 2.32. The highest BCUT2D eigenvalue weighted by atomic mass is 19.4. The molecule has 3 rings (SSSR count). The molecule has 0 radical (unpaired) electrons. The number of hydrogen-bond donors (Lipinski definition) is 2. The first-order chi connectivity index (χ1) is 11.4. The van der Waals surface area contributed by atoms with Gasteiger partial charge in [0.15, 0.2) is 5.69 Å². The fourth-order valence-electron chi connectivity index (χ4n) is 1.99. The molecule has 9 heteroatoms. The Kier molecular flexibility index (Phi) is 3.98. The Hall–Kier alpha value is -3.23. The summed E-state index contributed by atoms with van der Waals surface area (Å²) in [4.78, 5) is 15.9. The van der Waals surface area contributed by atoms with Gasteiger partial charge in [0.05, 0.1) is 16.9 Å². The number of rotatable bonds is 3. The smallest absolute Gasteiger partial charge is 0.294 e. The summed E-state index contributed by atoms with van der Waals surface area (Å²) in [6.45, 7) is 0. The predicted molar refractivity (Wildman–Crippen MR) is 80.3 cm³/mol. The fourth-order valence-corrected chi connectivity index (χ4v) is 1.99. The number of aromatic nitrogens is 3. The van der Waals surface area contributed by atoms with E-state index >= 15 is 0 Å². The summed E-state index contributed by atoms with van der Waals surface area (Å²) in [5.74, 6) is 0. The van der Waals surface area contributed by atoms with Gasteiger partial charge in [-0.1, -0.05) is 12.1 Å². The third kappa shape index (κ3) is 3.24. The second-order valence-electron chi connectivity index (χ2n) is 4.77. The van der Waals surface area contributed by atoms with E-state index in [0.717, 1.165) is 12.1 Å². The van der Waals surface area contributed by atoms with E-state index in [1.165, 1.54) is 18.3 Å². The van der Waals surface area contributed by atoms with Crippen LogP contribution in [0.1, 0.15) is 5.56 Å². The van der Waals surface area contributed by atoms with Crippen molar-refractivity contribution in [2.24, 2.45) is 10.2 Å². The van der Waals surface area contributed by atoms with Gasteiger partial charge in [-0.15, -0.1) is 5.11 Å². The quantitative estimate of drug-likeness (QED) is 0.704. The SMILES string of the molecule is O=c1[nH][nH]c(-c2ccccn2)c1N=Nc1cccc(C(F)(F)F)c1. The van der Waals surface area contributed by atoms with Gasteiger partial charge in [-0.05, 0) is 30.3 Å². The maximum absolute atomic E-state index is 12.7. The van der Waals surface area contributed by atoms with Gasteiger partial charge in [0.25, 0.3) is 5.56 Å². The molecule has 0 amide bonds. The van der Waals surface area contributed by atoms with Crippen molar-refractivity contribution in [3.05, 3.63) is 64.6 Å². The van der Waals surface area contributed by atoms with E-state index in [4.69, 9.17) is 0 Å². The summed E-state index contributed by atoms with van der Waals surface area (Å²) in [6, 6.07) is 9.45. The van der Waals surface area contributed by atoms with Crippen LogP contribution in [0.2, 0.25) is 0 Å². The number of halogens is 3. The van der Waals surface area contributed by atoms with E-state index in [-0.39, 0.29) is 11.4 Å². The molecule has 0 aliphatic carbocycles. The van der Waals surface area contributed by atoms with Crippen LogP contribution < -0.4 is 5.56 Å². The molecule has 122 valence electrons. The summed E-state index contributed by atoms with van der Waals surface area (Å²) in [6.07, 6.45) is -2.94. The van der Waals surface area contributed by atoms with E-state index in [0.29, 0.717) is 11.4 Å². The number of pyridine rings is 1. The molecular weight excluding hydrogens is 323 g/mol. The average Bonchev–Trinajstić information content (AvgIpc) is 2.94. The largest absolute Gasteiger partial charge is 0.416 e. The molecule has 0 atom stereocenters. The minimum absolute atomic E-state index is 0.0163. The van der Waals surface area contributed by atoms with Gasteiger partial charge in [0.1, 0.15) is 5.69 Å². The van der Waals surface area contributed by atoms with Crippen molar-refractivity contribution in [3.63, 3.8) is 0 Å². The zero-order chi connectivity index (χ0) is 17.2.